The molecule has 0 aliphatic rings. The number of carboxylic acids is 2. The lowest BCUT2D eigenvalue weighted by atomic mass is 10.2. The molecule has 4 heterocycles. The average molecular weight is 984 g/mol. The lowest BCUT2D eigenvalue weighted by Gasteiger charge is -1.98. The molecule has 0 radical (unpaired) electrons. The summed E-state index contributed by atoms with van der Waals surface area (Å²) in [6.07, 6.45) is -0.100. The third-order valence-corrected chi connectivity index (χ3v) is 8.20. The number of aromatic nitrogens is 3. The summed E-state index contributed by atoms with van der Waals surface area (Å²) in [7, 11) is -4.67. The summed E-state index contributed by atoms with van der Waals surface area (Å²) in [5, 5.41) is 55.1. The van der Waals surface area contributed by atoms with Gasteiger partial charge in [0.1, 0.15) is 28.4 Å². The van der Waals surface area contributed by atoms with Gasteiger partial charge < -0.3 is 48.4 Å². The fourth-order valence-corrected chi connectivity index (χ4v) is 5.28. The lowest BCUT2D eigenvalue weighted by Crippen LogP contribution is -2.04. The highest BCUT2D eigenvalue weighted by molar-refractivity contribution is 9.09. The molecule has 0 aliphatic heterocycles. The highest BCUT2D eigenvalue weighted by Gasteiger charge is 2.22. The number of nitrogens with zero attached hydrogens (tertiary/aromatic N) is 3. The topological polar surface area (TPSA) is 361 Å². The number of rotatable bonds is 5. The highest BCUT2D eigenvalue weighted by Crippen LogP contribution is 2.29. The van der Waals surface area contributed by atoms with Gasteiger partial charge in [0, 0.05) is 21.5 Å². The van der Waals surface area contributed by atoms with Gasteiger partial charge in [-0.3, -0.25) is 18.7 Å². The van der Waals surface area contributed by atoms with Crippen LogP contribution in [0.25, 0.3) is 43.9 Å². The van der Waals surface area contributed by atoms with Crippen molar-refractivity contribution in [1.82, 2.24) is 15.5 Å². The Morgan fingerprint density at radius 3 is 1.57 bits per heavy atom. The zero-order chi connectivity index (χ0) is 44.8. The number of para-hydroxylation sites is 4. The summed E-state index contributed by atoms with van der Waals surface area (Å²) in [6.45, 7) is 0.500. The van der Waals surface area contributed by atoms with Crippen LogP contribution < -0.4 is 11.5 Å². The predicted molar refractivity (Wildman–Crippen MR) is 218 cm³/mol. The summed E-state index contributed by atoms with van der Waals surface area (Å²) in [6, 6.07) is 30.0. The Hall–Kier alpha value is -6.54. The van der Waals surface area contributed by atoms with Gasteiger partial charge in [0.15, 0.2) is 21.6 Å². The van der Waals surface area contributed by atoms with E-state index >= 15 is 0 Å². The van der Waals surface area contributed by atoms with Gasteiger partial charge in [-0.25, -0.2) is 10.7 Å². The minimum Gasteiger partial charge on any atom is -0.665 e. The maximum absolute atomic E-state index is 10.8. The maximum atomic E-state index is 10.8. The van der Waals surface area contributed by atoms with Crippen LogP contribution in [0.1, 0.15) is 21.9 Å². The summed E-state index contributed by atoms with van der Waals surface area (Å²) in [4.78, 5) is 39.3. The fraction of sp³-hybridized carbons (Fsp3) is 0.0833. The number of hydrogen-bond acceptors (Lipinski definition) is 16. The van der Waals surface area contributed by atoms with Gasteiger partial charge in [-0.2, -0.15) is 8.42 Å². The lowest BCUT2D eigenvalue weighted by molar-refractivity contribution is -0.137. The molecule has 318 valence electrons. The van der Waals surface area contributed by atoms with Crippen molar-refractivity contribution in [3.05, 3.63) is 131 Å². The molecule has 0 amide bonds. The molecule has 0 saturated carbocycles. The third kappa shape index (κ3) is 16.0. The van der Waals surface area contributed by atoms with E-state index in [1.54, 1.807) is 54.6 Å². The van der Waals surface area contributed by atoms with Gasteiger partial charge in [0.2, 0.25) is 0 Å². The van der Waals surface area contributed by atoms with Gasteiger partial charge >= 0.3 is 28.0 Å². The number of halogens is 2. The van der Waals surface area contributed by atoms with Crippen molar-refractivity contribution >= 4 is 105 Å². The molecule has 4 aromatic heterocycles. The van der Waals surface area contributed by atoms with E-state index in [0.717, 1.165) is 38.8 Å². The molecule has 1 unspecified atom stereocenters. The van der Waals surface area contributed by atoms with E-state index in [2.05, 4.69) is 53.2 Å². The van der Waals surface area contributed by atoms with E-state index < -0.39 is 32.8 Å². The van der Waals surface area contributed by atoms with Gasteiger partial charge in [-0.05, 0) is 48.5 Å². The molecule has 0 bridgehead atoms. The Balaban J connectivity index is 0.000000257. The van der Waals surface area contributed by atoms with Crippen molar-refractivity contribution in [3.8, 4) is 5.75 Å². The third-order valence-electron chi connectivity index (χ3n) is 6.84. The van der Waals surface area contributed by atoms with E-state index in [-0.39, 0.29) is 12.2 Å². The molecule has 24 heteroatoms. The normalized spacial score (nSPS) is 10.6. The molecule has 8 rings (SSSR count). The molecule has 1 atom stereocenters. The molecular formula is C36H31Br2N4O17S-. The number of benzene rings is 4. The molecule has 0 aliphatic carbocycles. The first kappa shape index (κ1) is 49.6. The Morgan fingerprint density at radius 1 is 0.717 bits per heavy atom. The summed E-state index contributed by atoms with van der Waals surface area (Å²) in [5.74, 6) is 1.57. The number of fused-ring (bicyclic) bond motifs is 4. The molecule has 21 nitrogen and oxygen atoms in total. The highest BCUT2D eigenvalue weighted by atomic mass is 79.9. The molecule has 4 aromatic carbocycles. The van der Waals surface area contributed by atoms with Gasteiger partial charge in [0.05, 0.1) is 17.9 Å². The van der Waals surface area contributed by atoms with Crippen LogP contribution in [0.2, 0.25) is 0 Å². The van der Waals surface area contributed by atoms with E-state index in [4.69, 9.17) is 60.8 Å². The van der Waals surface area contributed by atoms with Crippen molar-refractivity contribution in [1.29, 1.82) is 0 Å². The van der Waals surface area contributed by atoms with Crippen molar-refractivity contribution in [2.45, 2.75) is 16.6 Å². The second-order valence-corrected chi connectivity index (χ2v) is 13.1. The van der Waals surface area contributed by atoms with Crippen molar-refractivity contribution in [2.24, 2.45) is 5.90 Å². The van der Waals surface area contributed by atoms with Gasteiger partial charge in [0.25, 0.3) is 0 Å². The van der Waals surface area contributed by atoms with Crippen molar-refractivity contribution in [2.75, 3.05) is 0 Å². The summed E-state index contributed by atoms with van der Waals surface area (Å²) < 4.78 is 51.4. The van der Waals surface area contributed by atoms with Gasteiger partial charge in [-0.15, -0.1) is 0 Å². The van der Waals surface area contributed by atoms with Crippen LogP contribution in [0.15, 0.2) is 126 Å². The number of alkyl halides is 2. The van der Waals surface area contributed by atoms with Crippen molar-refractivity contribution < 1.29 is 75.5 Å². The van der Waals surface area contributed by atoms with E-state index in [0.29, 0.717) is 40.0 Å². The largest absolute Gasteiger partial charge is 0.665 e. The molecule has 60 heavy (non-hydrogen) atoms. The Labute approximate surface area is 353 Å². The second kappa shape index (κ2) is 25.1. The van der Waals surface area contributed by atoms with Crippen LogP contribution in [0.5, 0.6) is 5.75 Å². The number of aromatic hydroxyl groups is 1. The summed E-state index contributed by atoms with van der Waals surface area (Å²) in [5.41, 5.74) is 3.76. The molecule has 0 saturated heterocycles. The average Bonchev–Trinajstić information content (AvgIpc) is 3.96. The molecule has 8 aromatic rings. The number of nitrogens with two attached hydrogens (primary N) is 1. The van der Waals surface area contributed by atoms with E-state index in [9.17, 15) is 19.5 Å². The zero-order valence-electron chi connectivity index (χ0n) is 30.1. The first-order valence-electron chi connectivity index (χ1n) is 15.9. The molecule has 0 spiro atoms. The van der Waals surface area contributed by atoms with Crippen molar-refractivity contribution in [3.63, 3.8) is 0 Å². The number of aliphatic hydroxyl groups excluding tert-OH is 1. The van der Waals surface area contributed by atoms with Crippen LogP contribution in [-0.4, -0.2) is 77.0 Å². The first-order valence-corrected chi connectivity index (χ1v) is 19.4. The Bertz CT molecular complexity index is 2760. The second-order valence-electron chi connectivity index (χ2n) is 10.7. The first-order chi connectivity index (χ1) is 28.6. The van der Waals surface area contributed by atoms with Crippen LogP contribution in [-0.2, 0) is 36.5 Å². The fourth-order valence-electron chi connectivity index (χ4n) is 4.54. The standard InChI is InChI=1S/C9H6BrNO3.C9H7NO3.C9H6O3.C8H6BrNO.CHO2.H3NO.H2O4S/c10-7(9(12)13)8-5-3-1-2-4-6(5)14-11-8;11-9(12)5-7-6-3-1-2-4-8(6)13-10-7;10-7-5-9(11)12-8-4-2-1-3-6(7)8;9-5-7-6-3-1-2-4-8(6)11-10-7;2-1-3;1-2;1-5(2,3)4/h1-4,7H,(H,12,13);1-4H,5H2,(H,11,12);1-5,10H;1-4H,5H2;(H,2,3);2H,1H2;(H2,1,2,3,4)/q;;;;-1;;. The Morgan fingerprint density at radius 2 is 1.10 bits per heavy atom. The number of carbonyl (C=O) groups is 2. The number of hydrogen-bond donors (Lipinski definition) is 8. The van der Waals surface area contributed by atoms with Crippen LogP contribution in [0.4, 0.5) is 0 Å². The van der Waals surface area contributed by atoms with Crippen LogP contribution in [0, 0.1) is 0 Å². The molecule has 9 N–H and O–H groups in total. The number of aliphatic carboxylic acids is 2. The SMILES string of the molecule is BrCc1noc2ccccc12.NO.O=C(O)C(Br)c1noc2ccccc12.O=C(O)Cc1noc2ccccc12.O=S(=O)(O)O.O=[C-]O.O=c1cc(O)c2ccccc2o1. The number of carboxylic acid groups (broad SMARTS) is 2. The van der Waals surface area contributed by atoms with E-state index in [1.165, 1.54) is 0 Å². The maximum Gasteiger partial charge on any atom is 0.394 e. The quantitative estimate of drug-likeness (QED) is 0.0307. The minimum absolute atomic E-state index is 0.0400. The molecule has 0 fully saturated rings. The summed E-state index contributed by atoms with van der Waals surface area (Å²) >= 11 is 6.36. The van der Waals surface area contributed by atoms with E-state index in [1.807, 2.05) is 42.5 Å². The predicted octanol–water partition coefficient (Wildman–Crippen LogP) is 6.32. The van der Waals surface area contributed by atoms with Crippen LogP contribution in [0.3, 0.4) is 0 Å². The van der Waals surface area contributed by atoms with Crippen LogP contribution >= 0.6 is 31.9 Å². The Kier molecular flexibility index (Phi) is 20.7. The smallest absolute Gasteiger partial charge is 0.394 e. The molecular weight excluding hydrogens is 952 g/mol. The minimum atomic E-state index is -4.67. The zero-order valence-corrected chi connectivity index (χ0v) is 34.1. The van der Waals surface area contributed by atoms with Gasteiger partial charge in [-0.1, -0.05) is 102 Å². The monoisotopic (exact) mass is 981 g/mol.